The van der Waals surface area contributed by atoms with E-state index in [1.54, 1.807) is 19.3 Å². The first-order chi connectivity index (χ1) is 53.1. The minimum atomic E-state index is -2.70. The predicted molar refractivity (Wildman–Crippen MR) is 424 cm³/mol. The third kappa shape index (κ3) is 20.0. The smallest absolute Gasteiger partial charge is 0.414 e. The Morgan fingerprint density at radius 2 is 0.946 bits per heavy atom. The number of halogens is 6. The van der Waals surface area contributed by atoms with Gasteiger partial charge in [-0.05, 0) is 177 Å². The van der Waals surface area contributed by atoms with E-state index in [2.05, 4.69) is 63.6 Å². The summed E-state index contributed by atoms with van der Waals surface area (Å²) in [5.74, 6) is -1.87. The number of carbonyl (C=O) groups excluding carboxylic acids is 5. The normalized spacial score (nSPS) is 13.2. The summed E-state index contributed by atoms with van der Waals surface area (Å²) in [6.45, 7) is 24.0. The predicted octanol–water partition coefficient (Wildman–Crippen LogP) is 21.4. The van der Waals surface area contributed by atoms with Crippen LogP contribution in [0.5, 0.6) is 0 Å². The van der Waals surface area contributed by atoms with Crippen LogP contribution in [-0.4, -0.2) is 101 Å². The van der Waals surface area contributed by atoms with Gasteiger partial charge in [0, 0.05) is 44.0 Å². The van der Waals surface area contributed by atoms with Crippen molar-refractivity contribution in [3.8, 4) is 11.4 Å². The van der Waals surface area contributed by atoms with Crippen LogP contribution in [0.4, 0.5) is 64.0 Å². The number of hydrogen-bond acceptors (Lipinski definition) is 15. The minimum absolute atomic E-state index is 0.0553. The Morgan fingerprint density at radius 1 is 0.518 bits per heavy atom. The number of benzene rings is 6. The van der Waals surface area contributed by atoms with Gasteiger partial charge < -0.3 is 34.4 Å². The van der Waals surface area contributed by atoms with E-state index < -0.39 is 60.9 Å². The van der Waals surface area contributed by atoms with Crippen molar-refractivity contribution in [2.45, 2.75) is 152 Å². The van der Waals surface area contributed by atoms with Crippen molar-refractivity contribution in [1.82, 2.24) is 28.9 Å². The van der Waals surface area contributed by atoms with Gasteiger partial charge in [0.2, 0.25) is 11.9 Å². The van der Waals surface area contributed by atoms with Crippen LogP contribution >= 0.6 is 34.0 Å². The number of anilines is 4. The van der Waals surface area contributed by atoms with Gasteiger partial charge in [0.15, 0.2) is 0 Å². The number of aromatic carboxylic acids is 1. The lowest BCUT2D eigenvalue weighted by Gasteiger charge is -2.37. The number of hydrogen-bond donors (Lipinski definition) is 4. The molecular formula is C83H86F6N10O10S3. The summed E-state index contributed by atoms with van der Waals surface area (Å²) in [6, 6.07) is 49.4. The molecule has 0 unspecified atom stereocenters. The fourth-order valence-electron chi connectivity index (χ4n) is 12.3. The number of thiophene rings is 3. The Kier molecular flexibility index (Phi) is 25.4. The average molecular weight is 1590 g/mol. The number of rotatable bonds is 20. The molecule has 5 amide bonds. The summed E-state index contributed by atoms with van der Waals surface area (Å²) in [7, 11) is 0. The fourth-order valence-corrected chi connectivity index (χ4v) is 14.5. The zero-order valence-corrected chi connectivity index (χ0v) is 65.9. The number of fused-ring (bicyclic) bond motifs is 4. The molecule has 2 atom stereocenters. The van der Waals surface area contributed by atoms with Crippen LogP contribution in [0.15, 0.2) is 170 Å². The number of nitrogens with one attached hydrogen (secondary N) is 3. The Bertz CT molecular complexity index is 5220. The highest BCUT2D eigenvalue weighted by Gasteiger charge is 2.35. The summed E-state index contributed by atoms with van der Waals surface area (Å²) in [5, 5.41) is 17.4. The number of amides is 5. The summed E-state index contributed by atoms with van der Waals surface area (Å²) in [4.78, 5) is 91.5. The summed E-state index contributed by atoms with van der Waals surface area (Å²) in [5.41, 5.74) is 10.00. The van der Waals surface area contributed by atoms with E-state index in [1.807, 2.05) is 167 Å². The van der Waals surface area contributed by atoms with Crippen LogP contribution in [0.1, 0.15) is 172 Å². The second-order valence-corrected chi connectivity index (χ2v) is 33.4. The maximum Gasteiger partial charge on any atom is 0.414 e. The molecule has 20 nitrogen and oxygen atoms in total. The number of nitrogens with zero attached hydrogens (tertiary/aromatic N) is 7. The SMILES string of the molecule is C[C@H](N(Cc1ccc2c(c1)nc(NC(=O)c1ccc(C(F)F)s1)n2-c1ccc2c(c1)N(C(=O)OC(C)(C)C)CC2)C(=O)OCc1ccccc1)C(C)(C)C.C[C@H](N(Cc1ccc2c(c1)nc(NC(=O)c1ccc(C(F)F)s1)n2-c1ccc2c(c1)NCC2)C(=O)OCc1ccccc1)C(C)(C)C.O=C(O)c1ccc(C(F)F)s1. The molecule has 2 aliphatic heterocycles. The van der Waals surface area contributed by atoms with Crippen LogP contribution in [0.3, 0.4) is 0 Å². The van der Waals surface area contributed by atoms with Gasteiger partial charge in [-0.1, -0.05) is 126 Å². The molecule has 0 bridgehead atoms. The highest BCUT2D eigenvalue weighted by Crippen LogP contribution is 2.39. The largest absolute Gasteiger partial charge is 0.477 e. The quantitative estimate of drug-likeness (QED) is 0.0411. The molecule has 0 saturated heterocycles. The van der Waals surface area contributed by atoms with Gasteiger partial charge in [-0.2, -0.15) is 0 Å². The molecular weight excluding hydrogens is 1510 g/mol. The Balaban J connectivity index is 0.000000196. The van der Waals surface area contributed by atoms with Gasteiger partial charge in [0.25, 0.3) is 31.1 Å². The van der Waals surface area contributed by atoms with Gasteiger partial charge in [-0.15, -0.1) is 34.0 Å². The lowest BCUT2D eigenvalue weighted by molar-refractivity contribution is 0.0537. The van der Waals surface area contributed by atoms with E-state index in [1.165, 1.54) is 35.9 Å². The van der Waals surface area contributed by atoms with Crippen molar-refractivity contribution in [3.63, 3.8) is 0 Å². The monoisotopic (exact) mass is 1590 g/mol. The van der Waals surface area contributed by atoms with Crippen molar-refractivity contribution >= 4 is 115 Å². The fraction of sp³-hybridized carbons (Fsp3) is 0.325. The molecule has 13 rings (SSSR count). The summed E-state index contributed by atoms with van der Waals surface area (Å²) in [6.07, 6.45) is -7.69. The third-order valence-electron chi connectivity index (χ3n) is 19.0. The molecule has 0 fully saturated rings. The van der Waals surface area contributed by atoms with Crippen LogP contribution in [-0.2, 0) is 53.4 Å². The zero-order valence-electron chi connectivity index (χ0n) is 63.5. The number of carboxylic acids is 1. The first-order valence-electron chi connectivity index (χ1n) is 36.1. The molecule has 7 heterocycles. The van der Waals surface area contributed by atoms with Gasteiger partial charge >= 0.3 is 24.2 Å². The molecule has 0 radical (unpaired) electrons. The average Bonchev–Trinajstić information content (AvgIpc) is 1.61. The Hall–Kier alpha value is -11.0. The maximum absolute atomic E-state index is 13.6. The Labute approximate surface area is 656 Å². The molecule has 5 aromatic heterocycles. The van der Waals surface area contributed by atoms with Gasteiger partial charge in [0.1, 0.15) is 23.7 Å². The highest BCUT2D eigenvalue weighted by atomic mass is 32.1. The molecule has 588 valence electrons. The van der Waals surface area contributed by atoms with E-state index >= 15 is 0 Å². The van der Waals surface area contributed by atoms with Crippen molar-refractivity contribution in [1.29, 1.82) is 0 Å². The van der Waals surface area contributed by atoms with E-state index in [-0.39, 0.29) is 90.4 Å². The van der Waals surface area contributed by atoms with E-state index in [4.69, 9.17) is 29.3 Å². The second-order valence-electron chi connectivity index (χ2n) is 30.0. The molecule has 11 aromatic rings. The van der Waals surface area contributed by atoms with Crippen LogP contribution < -0.4 is 20.9 Å². The molecule has 0 saturated carbocycles. The molecule has 6 aromatic carbocycles. The molecule has 4 N–H and O–H groups in total. The number of carbonyl (C=O) groups is 6. The first-order valence-corrected chi connectivity index (χ1v) is 38.5. The van der Waals surface area contributed by atoms with Gasteiger partial charge in [0.05, 0.1) is 63.5 Å². The van der Waals surface area contributed by atoms with E-state index in [0.717, 1.165) is 75.1 Å². The standard InChI is InChI=1S/C41H45F2N5O5S.C36H37F2N5O3S.C6H4F2O2S/c1-25(40(2,3)4)47(38(50)52-24-26-11-9-8-10-12-26)23-27-13-16-31-30(21-27)44-37(45-36(49)34-18-17-33(54-34)35(42)43)48(31)29-15-14-28-19-20-46(32(28)22-29)39(51)53-41(5,6)7;1-22(36(2,3)4)42(35(45)46-21-23-8-6-5-7-9-23)20-24-10-13-29-28(18-24)40-34(41-33(44)31-15-14-30(47-31)32(37)38)43(29)26-12-11-25-16-17-39-27(25)19-26;7-5(8)3-1-2-4(11-3)6(9)10/h8-18,21-22,25,35H,19-20,23-24H2,1-7H3,(H,44,45,49);5-15,18-19,22,32,39H,16-17,20-21H2,1-4H3,(H,40,41,44);1-2,5H,(H,9,10)/t25-;22-;/m00./s1. The minimum Gasteiger partial charge on any atom is -0.477 e. The topological polar surface area (TPSA) is 232 Å². The van der Waals surface area contributed by atoms with Crippen molar-refractivity contribution in [2.75, 3.05) is 33.9 Å². The molecule has 2 aliphatic rings. The summed E-state index contributed by atoms with van der Waals surface area (Å²) >= 11 is 2.07. The number of aromatic nitrogens is 4. The van der Waals surface area contributed by atoms with Crippen LogP contribution in [0.25, 0.3) is 33.4 Å². The number of alkyl halides is 6. The molecule has 0 aliphatic carbocycles. The van der Waals surface area contributed by atoms with Crippen molar-refractivity contribution in [2.24, 2.45) is 10.8 Å². The van der Waals surface area contributed by atoms with E-state index in [9.17, 15) is 55.1 Å². The third-order valence-corrected chi connectivity index (χ3v) is 22.3. The van der Waals surface area contributed by atoms with E-state index in [0.29, 0.717) is 63.6 Å². The molecule has 0 spiro atoms. The number of carboxylic acid groups (broad SMARTS) is 1. The van der Waals surface area contributed by atoms with Crippen LogP contribution in [0.2, 0.25) is 0 Å². The number of ether oxygens (including phenoxy) is 3. The lowest BCUT2D eigenvalue weighted by atomic mass is 9.87. The summed E-state index contributed by atoms with van der Waals surface area (Å²) < 4.78 is 97.8. The van der Waals surface area contributed by atoms with Crippen molar-refractivity contribution < 1.29 is 74.4 Å². The second kappa shape index (κ2) is 34.7. The first kappa shape index (κ1) is 81.9. The zero-order chi connectivity index (χ0) is 80.7. The Morgan fingerprint density at radius 3 is 1.36 bits per heavy atom. The lowest BCUT2D eigenvalue weighted by Crippen LogP contribution is -2.45. The maximum atomic E-state index is 13.6. The van der Waals surface area contributed by atoms with Crippen molar-refractivity contribution in [3.05, 3.63) is 233 Å². The molecule has 112 heavy (non-hydrogen) atoms. The molecule has 29 heteroatoms. The number of imidazole rings is 2. The van der Waals surface area contributed by atoms with Crippen LogP contribution in [0, 0.1) is 10.8 Å². The van der Waals surface area contributed by atoms with Gasteiger partial charge in [-0.3, -0.25) is 34.3 Å². The van der Waals surface area contributed by atoms with Gasteiger partial charge in [-0.25, -0.2) is 55.5 Å². The highest BCUT2D eigenvalue weighted by molar-refractivity contribution is 7.14.